The number of hydrogen-bond donors (Lipinski definition) is 1. The standard InChI is InChI=1S/C8H7N.C4H4ClNO2/c1-2-4-8-7(3-1)5-6-9-8;5-6-3(7)1-2-4(6)8/h1-6,9H;1-2H2. The molecule has 3 rings (SSSR count). The quantitative estimate of drug-likeness (QED) is 0.577. The van der Waals surface area contributed by atoms with Gasteiger partial charge in [-0.25, -0.2) is 0 Å². The molecule has 1 N–H and O–H groups in total. The topological polar surface area (TPSA) is 53.2 Å². The molecule has 1 aromatic heterocycles. The number of fused-ring (bicyclic) bond motifs is 1. The number of aromatic amines is 1. The highest BCUT2D eigenvalue weighted by molar-refractivity contribution is 6.32. The average molecular weight is 251 g/mol. The van der Waals surface area contributed by atoms with Gasteiger partial charge in [0.15, 0.2) is 0 Å². The van der Waals surface area contributed by atoms with Crippen molar-refractivity contribution < 1.29 is 9.59 Å². The van der Waals surface area contributed by atoms with Crippen molar-refractivity contribution in [3.8, 4) is 0 Å². The smallest absolute Gasteiger partial charge is 0.244 e. The number of carbonyl (C=O) groups is 2. The number of halogens is 1. The molecule has 1 saturated heterocycles. The molecule has 0 atom stereocenters. The minimum atomic E-state index is -0.295. The Hall–Kier alpha value is -1.81. The van der Waals surface area contributed by atoms with Gasteiger partial charge in [-0.05, 0) is 17.5 Å². The maximum absolute atomic E-state index is 10.4. The van der Waals surface area contributed by atoms with Crippen molar-refractivity contribution >= 4 is 34.5 Å². The molecule has 0 aliphatic carbocycles. The van der Waals surface area contributed by atoms with Gasteiger partial charge in [-0.2, -0.15) is 4.42 Å². The molecule has 0 bridgehead atoms. The second-order valence-corrected chi connectivity index (χ2v) is 3.97. The number of benzene rings is 1. The Morgan fingerprint density at radius 1 is 1.06 bits per heavy atom. The minimum absolute atomic E-state index is 0.266. The molecule has 0 radical (unpaired) electrons. The van der Waals surface area contributed by atoms with Crippen LogP contribution in [0.25, 0.3) is 10.9 Å². The molecule has 2 amide bonds. The van der Waals surface area contributed by atoms with Crippen LogP contribution in [-0.2, 0) is 9.59 Å². The molecule has 88 valence electrons. The van der Waals surface area contributed by atoms with Crippen molar-refractivity contribution in [1.29, 1.82) is 0 Å². The van der Waals surface area contributed by atoms with Crippen LogP contribution in [0.15, 0.2) is 36.5 Å². The third-order valence-electron chi connectivity index (χ3n) is 2.45. The van der Waals surface area contributed by atoms with Crippen LogP contribution in [0.1, 0.15) is 12.8 Å². The lowest BCUT2D eigenvalue weighted by atomic mass is 10.3. The highest BCUT2D eigenvalue weighted by atomic mass is 35.5. The first kappa shape index (κ1) is 11.7. The van der Waals surface area contributed by atoms with Gasteiger partial charge in [0.2, 0.25) is 11.8 Å². The third kappa shape index (κ3) is 2.65. The zero-order valence-corrected chi connectivity index (χ0v) is 9.78. The monoisotopic (exact) mass is 250 g/mol. The summed E-state index contributed by atoms with van der Waals surface area (Å²) in [6.07, 6.45) is 2.48. The van der Waals surface area contributed by atoms with Crippen molar-refractivity contribution in [2.24, 2.45) is 0 Å². The van der Waals surface area contributed by atoms with E-state index in [0.29, 0.717) is 4.42 Å². The van der Waals surface area contributed by atoms with Crippen LogP contribution >= 0.6 is 11.8 Å². The van der Waals surface area contributed by atoms with E-state index in [-0.39, 0.29) is 24.7 Å². The van der Waals surface area contributed by atoms with Crippen molar-refractivity contribution in [3.63, 3.8) is 0 Å². The summed E-state index contributed by atoms with van der Waals surface area (Å²) in [7, 11) is 0. The second kappa shape index (κ2) is 5.01. The summed E-state index contributed by atoms with van der Waals surface area (Å²) < 4.78 is 0.639. The number of nitrogens with one attached hydrogen (secondary N) is 1. The van der Waals surface area contributed by atoms with Crippen LogP contribution in [0.3, 0.4) is 0 Å². The van der Waals surface area contributed by atoms with Crippen molar-refractivity contribution in [1.82, 2.24) is 9.40 Å². The summed E-state index contributed by atoms with van der Waals surface area (Å²) in [6.45, 7) is 0. The lowest BCUT2D eigenvalue weighted by Gasteiger charge is -1.96. The summed E-state index contributed by atoms with van der Waals surface area (Å²) in [5.74, 6) is -0.590. The minimum Gasteiger partial charge on any atom is -0.361 e. The molecule has 0 spiro atoms. The number of H-pyrrole nitrogens is 1. The van der Waals surface area contributed by atoms with E-state index in [0.717, 1.165) is 0 Å². The predicted molar refractivity (Wildman–Crippen MR) is 65.2 cm³/mol. The first-order valence-electron chi connectivity index (χ1n) is 5.22. The Morgan fingerprint density at radius 2 is 1.71 bits per heavy atom. The van der Waals surface area contributed by atoms with Crippen LogP contribution in [-0.4, -0.2) is 21.2 Å². The van der Waals surface area contributed by atoms with Gasteiger partial charge in [-0.1, -0.05) is 18.2 Å². The average Bonchev–Trinajstić information content (AvgIpc) is 2.93. The molecule has 4 nitrogen and oxygen atoms in total. The summed E-state index contributed by atoms with van der Waals surface area (Å²) >= 11 is 5.15. The summed E-state index contributed by atoms with van der Waals surface area (Å²) in [4.78, 5) is 23.8. The van der Waals surface area contributed by atoms with Gasteiger partial charge in [0.25, 0.3) is 0 Å². The summed E-state index contributed by atoms with van der Waals surface area (Å²) in [5.41, 5.74) is 1.21. The molecule has 17 heavy (non-hydrogen) atoms. The van der Waals surface area contributed by atoms with Crippen LogP contribution in [0.4, 0.5) is 0 Å². The Labute approximate surface area is 103 Å². The van der Waals surface area contributed by atoms with E-state index < -0.39 is 0 Å². The molecular formula is C12H11ClN2O2. The number of rotatable bonds is 0. The normalized spacial score (nSPS) is 15.0. The lowest BCUT2D eigenvalue weighted by molar-refractivity contribution is -0.132. The molecule has 0 unspecified atom stereocenters. The molecule has 1 aliphatic heterocycles. The van der Waals surface area contributed by atoms with E-state index >= 15 is 0 Å². The maximum atomic E-state index is 10.4. The van der Waals surface area contributed by atoms with Gasteiger partial charge in [-0.15, -0.1) is 0 Å². The largest absolute Gasteiger partial charge is 0.361 e. The fourth-order valence-electron chi connectivity index (χ4n) is 1.54. The third-order valence-corrected chi connectivity index (χ3v) is 2.83. The molecule has 1 aliphatic rings. The second-order valence-electron chi connectivity index (χ2n) is 3.63. The zero-order valence-electron chi connectivity index (χ0n) is 9.02. The zero-order chi connectivity index (χ0) is 12.3. The van der Waals surface area contributed by atoms with Crippen molar-refractivity contribution in [3.05, 3.63) is 36.5 Å². The Bertz CT molecular complexity index is 504. The molecule has 2 aromatic rings. The molecule has 1 aromatic carbocycles. The SMILES string of the molecule is O=C1CCC(=O)N1Cl.c1ccc2[nH]ccc2c1. The van der Waals surface area contributed by atoms with E-state index in [2.05, 4.69) is 23.2 Å². The van der Waals surface area contributed by atoms with Crippen LogP contribution in [0.5, 0.6) is 0 Å². The van der Waals surface area contributed by atoms with Gasteiger partial charge < -0.3 is 4.98 Å². The Kier molecular flexibility index (Phi) is 3.44. The van der Waals surface area contributed by atoms with Crippen LogP contribution in [0.2, 0.25) is 0 Å². The summed E-state index contributed by atoms with van der Waals surface area (Å²) in [6, 6.07) is 10.3. The number of aromatic nitrogens is 1. The first-order chi connectivity index (χ1) is 8.18. The Balaban J connectivity index is 0.000000128. The lowest BCUT2D eigenvalue weighted by Crippen LogP contribution is -2.16. The number of amides is 2. The van der Waals surface area contributed by atoms with Gasteiger partial charge in [0.1, 0.15) is 0 Å². The number of carbonyl (C=O) groups excluding carboxylic acids is 2. The highest BCUT2D eigenvalue weighted by Crippen LogP contribution is 2.12. The van der Waals surface area contributed by atoms with Gasteiger partial charge >= 0.3 is 0 Å². The predicted octanol–water partition coefficient (Wildman–Crippen LogP) is 2.46. The van der Waals surface area contributed by atoms with Gasteiger partial charge in [-0.3, -0.25) is 9.59 Å². The van der Waals surface area contributed by atoms with E-state index in [1.807, 2.05) is 18.3 Å². The van der Waals surface area contributed by atoms with Crippen LogP contribution in [0, 0.1) is 0 Å². The number of hydrogen-bond acceptors (Lipinski definition) is 2. The van der Waals surface area contributed by atoms with Gasteiger partial charge in [0, 0.05) is 36.3 Å². The fraction of sp³-hybridized carbons (Fsp3) is 0.167. The maximum Gasteiger partial charge on any atom is 0.244 e. The highest BCUT2D eigenvalue weighted by Gasteiger charge is 2.26. The van der Waals surface area contributed by atoms with Crippen LogP contribution < -0.4 is 0 Å². The summed E-state index contributed by atoms with van der Waals surface area (Å²) in [5, 5.41) is 1.28. The van der Waals surface area contributed by atoms with E-state index in [1.165, 1.54) is 10.9 Å². The number of nitrogens with zero attached hydrogens (tertiary/aromatic N) is 1. The molecule has 1 fully saturated rings. The molecule has 5 heteroatoms. The molecule has 2 heterocycles. The van der Waals surface area contributed by atoms with E-state index in [9.17, 15) is 9.59 Å². The van der Waals surface area contributed by atoms with Crippen molar-refractivity contribution in [2.75, 3.05) is 0 Å². The van der Waals surface area contributed by atoms with Crippen molar-refractivity contribution in [2.45, 2.75) is 12.8 Å². The molecule has 0 saturated carbocycles. The number of imide groups is 1. The van der Waals surface area contributed by atoms with Gasteiger partial charge in [0.05, 0.1) is 0 Å². The van der Waals surface area contributed by atoms with E-state index in [4.69, 9.17) is 11.8 Å². The molecular weight excluding hydrogens is 240 g/mol. The fourth-order valence-corrected chi connectivity index (χ4v) is 1.71. The van der Waals surface area contributed by atoms with E-state index in [1.54, 1.807) is 0 Å². The first-order valence-corrected chi connectivity index (χ1v) is 5.56. The Morgan fingerprint density at radius 3 is 2.24 bits per heavy atom. The number of para-hydroxylation sites is 1.